The second-order valence-corrected chi connectivity index (χ2v) is 7.05. The number of carbonyl (C=O) groups excluding carboxylic acids is 1. The van der Waals surface area contributed by atoms with Crippen molar-refractivity contribution < 1.29 is 4.79 Å². The van der Waals surface area contributed by atoms with Crippen molar-refractivity contribution in [2.24, 2.45) is 11.8 Å². The molecule has 22 heavy (non-hydrogen) atoms. The fraction of sp³-hybridized carbons (Fsp3) is 0.632. The molecule has 0 atom stereocenters. The summed E-state index contributed by atoms with van der Waals surface area (Å²) < 4.78 is 0. The number of carbonyl (C=O) groups is 1. The smallest absolute Gasteiger partial charge is 0.321 e. The molecule has 1 aromatic carbocycles. The van der Waals surface area contributed by atoms with E-state index < -0.39 is 0 Å². The zero-order valence-corrected chi connectivity index (χ0v) is 15.1. The van der Waals surface area contributed by atoms with E-state index in [-0.39, 0.29) is 6.03 Å². The topological polar surface area (TPSA) is 32.3 Å². The lowest BCUT2D eigenvalue weighted by atomic mass is 10.1. The van der Waals surface area contributed by atoms with E-state index in [9.17, 15) is 4.79 Å². The highest BCUT2D eigenvalue weighted by Gasteiger charge is 2.16. The number of nitrogens with one attached hydrogen (secondary N) is 1. The van der Waals surface area contributed by atoms with Crippen molar-refractivity contribution in [2.75, 3.05) is 18.4 Å². The van der Waals surface area contributed by atoms with Gasteiger partial charge in [-0.2, -0.15) is 0 Å². The Morgan fingerprint density at radius 3 is 1.86 bits per heavy atom. The van der Waals surface area contributed by atoms with Gasteiger partial charge < -0.3 is 10.2 Å². The second-order valence-electron chi connectivity index (χ2n) is 7.05. The van der Waals surface area contributed by atoms with Gasteiger partial charge in [-0.15, -0.1) is 0 Å². The summed E-state index contributed by atoms with van der Waals surface area (Å²) in [4.78, 5) is 14.6. The third-order valence-corrected chi connectivity index (χ3v) is 3.95. The van der Waals surface area contributed by atoms with E-state index in [1.165, 1.54) is 0 Å². The average Bonchev–Trinajstić information content (AvgIpc) is 2.42. The number of benzene rings is 1. The zero-order chi connectivity index (χ0) is 16.7. The molecule has 1 rings (SSSR count). The first kappa shape index (κ1) is 18.5. The van der Waals surface area contributed by atoms with E-state index in [2.05, 4.69) is 33.0 Å². The molecule has 0 aliphatic heterocycles. The molecule has 0 heterocycles. The van der Waals surface area contributed by atoms with Gasteiger partial charge in [-0.25, -0.2) is 4.79 Å². The van der Waals surface area contributed by atoms with Crippen LogP contribution < -0.4 is 5.32 Å². The van der Waals surface area contributed by atoms with Gasteiger partial charge in [-0.3, -0.25) is 0 Å². The van der Waals surface area contributed by atoms with Crippen molar-refractivity contribution >= 4 is 11.7 Å². The summed E-state index contributed by atoms with van der Waals surface area (Å²) >= 11 is 0. The Bertz CT molecular complexity index is 448. The first-order valence-electron chi connectivity index (χ1n) is 8.43. The van der Waals surface area contributed by atoms with Crippen LogP contribution in [0.5, 0.6) is 0 Å². The van der Waals surface area contributed by atoms with Crippen LogP contribution in [0.3, 0.4) is 0 Å². The molecule has 2 amide bonds. The standard InChI is InChI=1S/C19H32N2O/c1-14(2)10-12-21(13-11-15(3)4)19(22)20-18-16(5)8-7-9-17(18)6/h7-9,14-15H,10-13H2,1-6H3,(H,20,22). The van der Waals surface area contributed by atoms with Crippen LogP contribution in [0.2, 0.25) is 0 Å². The Morgan fingerprint density at radius 2 is 1.45 bits per heavy atom. The van der Waals surface area contributed by atoms with Crippen LogP contribution in [0.4, 0.5) is 10.5 Å². The van der Waals surface area contributed by atoms with E-state index >= 15 is 0 Å². The Labute approximate surface area is 136 Å². The number of nitrogens with zero attached hydrogens (tertiary/aromatic N) is 1. The number of aryl methyl sites for hydroxylation is 2. The SMILES string of the molecule is Cc1cccc(C)c1NC(=O)N(CCC(C)C)CCC(C)C. The Kier molecular flexibility index (Phi) is 7.43. The molecule has 1 aromatic rings. The molecule has 0 unspecified atom stereocenters. The van der Waals surface area contributed by atoms with Crippen LogP contribution in [0.1, 0.15) is 51.7 Å². The summed E-state index contributed by atoms with van der Waals surface area (Å²) in [6, 6.07) is 6.12. The number of anilines is 1. The molecule has 0 radical (unpaired) electrons. The number of para-hydroxylation sites is 1. The highest BCUT2D eigenvalue weighted by molar-refractivity contribution is 5.91. The fourth-order valence-corrected chi connectivity index (χ4v) is 2.34. The summed E-state index contributed by atoms with van der Waals surface area (Å²) in [7, 11) is 0. The first-order chi connectivity index (χ1) is 10.3. The second kappa shape index (κ2) is 8.82. The minimum Gasteiger partial charge on any atom is -0.325 e. The quantitative estimate of drug-likeness (QED) is 0.735. The molecule has 0 saturated carbocycles. The van der Waals surface area contributed by atoms with Crippen molar-refractivity contribution in [3.63, 3.8) is 0 Å². The third kappa shape index (κ3) is 6.08. The predicted octanol–water partition coefficient (Wildman–Crippen LogP) is 5.23. The van der Waals surface area contributed by atoms with Gasteiger partial charge in [-0.05, 0) is 49.7 Å². The van der Waals surface area contributed by atoms with E-state index in [1.807, 2.05) is 36.9 Å². The van der Waals surface area contributed by atoms with Crippen LogP contribution >= 0.6 is 0 Å². The molecule has 0 aliphatic rings. The molecule has 3 heteroatoms. The normalized spacial score (nSPS) is 11.1. The molecule has 1 N–H and O–H groups in total. The van der Waals surface area contributed by atoms with Crippen LogP contribution in [0.25, 0.3) is 0 Å². The number of rotatable bonds is 7. The monoisotopic (exact) mass is 304 g/mol. The van der Waals surface area contributed by atoms with Gasteiger partial charge in [0.15, 0.2) is 0 Å². The third-order valence-electron chi connectivity index (χ3n) is 3.95. The fourth-order valence-electron chi connectivity index (χ4n) is 2.34. The van der Waals surface area contributed by atoms with Gasteiger partial charge in [0.1, 0.15) is 0 Å². The molecule has 0 bridgehead atoms. The highest BCUT2D eigenvalue weighted by atomic mass is 16.2. The maximum atomic E-state index is 12.7. The van der Waals surface area contributed by atoms with Crippen LogP contribution in [-0.2, 0) is 0 Å². The summed E-state index contributed by atoms with van der Waals surface area (Å²) in [5.41, 5.74) is 3.17. The predicted molar refractivity (Wildman–Crippen MR) is 95.4 cm³/mol. The molecule has 0 fully saturated rings. The van der Waals surface area contributed by atoms with Crippen LogP contribution in [0.15, 0.2) is 18.2 Å². The van der Waals surface area contributed by atoms with E-state index in [1.54, 1.807) is 0 Å². The molecule has 3 nitrogen and oxygen atoms in total. The average molecular weight is 304 g/mol. The number of hydrogen-bond donors (Lipinski definition) is 1. The zero-order valence-electron chi connectivity index (χ0n) is 15.1. The highest BCUT2D eigenvalue weighted by Crippen LogP contribution is 2.20. The minimum atomic E-state index is 0.0266. The summed E-state index contributed by atoms with van der Waals surface area (Å²) in [6.45, 7) is 14.5. The van der Waals surface area contributed by atoms with E-state index in [4.69, 9.17) is 0 Å². The van der Waals surface area contributed by atoms with Gasteiger partial charge >= 0.3 is 6.03 Å². The molecule has 0 aromatic heterocycles. The van der Waals surface area contributed by atoms with E-state index in [0.29, 0.717) is 11.8 Å². The van der Waals surface area contributed by atoms with Gasteiger partial charge in [-0.1, -0.05) is 45.9 Å². The van der Waals surface area contributed by atoms with Crippen molar-refractivity contribution in [1.82, 2.24) is 4.90 Å². The van der Waals surface area contributed by atoms with Crippen molar-refractivity contribution in [1.29, 1.82) is 0 Å². The number of urea groups is 1. The van der Waals surface area contributed by atoms with Gasteiger partial charge in [0.05, 0.1) is 0 Å². The lowest BCUT2D eigenvalue weighted by Crippen LogP contribution is -2.37. The van der Waals surface area contributed by atoms with Gasteiger partial charge in [0, 0.05) is 18.8 Å². The maximum Gasteiger partial charge on any atom is 0.321 e. The van der Waals surface area contributed by atoms with Crippen molar-refractivity contribution in [3.05, 3.63) is 29.3 Å². The van der Waals surface area contributed by atoms with Gasteiger partial charge in [0.25, 0.3) is 0 Å². The Morgan fingerprint density at radius 1 is 1.00 bits per heavy atom. The first-order valence-corrected chi connectivity index (χ1v) is 8.43. The Balaban J connectivity index is 2.77. The molecule has 124 valence electrons. The molecule has 0 aliphatic carbocycles. The van der Waals surface area contributed by atoms with Gasteiger partial charge in [0.2, 0.25) is 0 Å². The van der Waals surface area contributed by atoms with Crippen LogP contribution in [0, 0.1) is 25.7 Å². The Hall–Kier alpha value is -1.51. The lowest BCUT2D eigenvalue weighted by Gasteiger charge is -2.25. The summed E-state index contributed by atoms with van der Waals surface area (Å²) in [5, 5.41) is 3.11. The maximum absolute atomic E-state index is 12.7. The summed E-state index contributed by atoms with van der Waals surface area (Å²) in [6.07, 6.45) is 2.08. The molecule has 0 saturated heterocycles. The minimum absolute atomic E-state index is 0.0266. The summed E-state index contributed by atoms with van der Waals surface area (Å²) in [5.74, 6) is 1.21. The van der Waals surface area contributed by atoms with E-state index in [0.717, 1.165) is 42.7 Å². The lowest BCUT2D eigenvalue weighted by molar-refractivity contribution is 0.205. The largest absolute Gasteiger partial charge is 0.325 e. The molecule has 0 spiro atoms. The number of amides is 2. The molecular formula is C19H32N2O. The van der Waals surface area contributed by atoms with Crippen molar-refractivity contribution in [3.8, 4) is 0 Å². The molecular weight excluding hydrogens is 272 g/mol. The van der Waals surface area contributed by atoms with Crippen LogP contribution in [-0.4, -0.2) is 24.0 Å². The number of hydrogen-bond acceptors (Lipinski definition) is 1. The van der Waals surface area contributed by atoms with Crippen molar-refractivity contribution in [2.45, 2.75) is 54.4 Å².